The number of anilines is 1. The summed E-state index contributed by atoms with van der Waals surface area (Å²) in [6.07, 6.45) is 0. The van der Waals surface area contributed by atoms with Crippen molar-refractivity contribution in [3.05, 3.63) is 92.7 Å². The predicted molar refractivity (Wildman–Crippen MR) is 126 cm³/mol. The van der Waals surface area contributed by atoms with Crippen molar-refractivity contribution in [2.75, 3.05) is 5.32 Å². The highest BCUT2D eigenvalue weighted by molar-refractivity contribution is 6.42. The summed E-state index contributed by atoms with van der Waals surface area (Å²) in [7, 11) is 0. The van der Waals surface area contributed by atoms with Crippen LogP contribution in [0.1, 0.15) is 21.7 Å². The zero-order valence-electron chi connectivity index (χ0n) is 16.7. The summed E-state index contributed by atoms with van der Waals surface area (Å²) in [4.78, 5) is 17.5. The maximum absolute atomic E-state index is 13.0. The van der Waals surface area contributed by atoms with E-state index in [1.165, 1.54) is 0 Å². The van der Waals surface area contributed by atoms with E-state index in [1.807, 2.05) is 38.1 Å². The van der Waals surface area contributed by atoms with Gasteiger partial charge >= 0.3 is 0 Å². The molecule has 1 N–H and O–H groups in total. The number of rotatable bonds is 4. The summed E-state index contributed by atoms with van der Waals surface area (Å²) in [5.41, 5.74) is 3.87. The van der Waals surface area contributed by atoms with Crippen LogP contribution in [-0.2, 0) is 0 Å². The number of benzene rings is 3. The molecule has 31 heavy (non-hydrogen) atoms. The summed E-state index contributed by atoms with van der Waals surface area (Å²) in [5.74, 6) is 0.0788. The van der Waals surface area contributed by atoms with Gasteiger partial charge < -0.3 is 5.32 Å². The second-order valence-electron chi connectivity index (χ2n) is 7.01. The number of aromatic nitrogens is 3. The number of amides is 1. The molecule has 0 spiro atoms. The zero-order valence-corrected chi connectivity index (χ0v) is 18.9. The molecular weight excluding hydrogens is 455 g/mol. The first-order chi connectivity index (χ1) is 14.8. The topological polar surface area (TPSA) is 59.8 Å². The third-order valence-corrected chi connectivity index (χ3v) is 5.90. The van der Waals surface area contributed by atoms with Crippen LogP contribution < -0.4 is 5.32 Å². The molecule has 0 radical (unpaired) electrons. The Balaban J connectivity index is 1.80. The minimum absolute atomic E-state index is 0.0157. The molecule has 8 heteroatoms. The van der Waals surface area contributed by atoms with Crippen molar-refractivity contribution in [2.45, 2.75) is 13.8 Å². The Kier molecular flexibility index (Phi) is 6.01. The molecule has 0 bridgehead atoms. The number of aryl methyl sites for hydroxylation is 1. The van der Waals surface area contributed by atoms with Crippen LogP contribution in [0.5, 0.6) is 0 Å². The molecule has 5 nitrogen and oxygen atoms in total. The fourth-order valence-electron chi connectivity index (χ4n) is 3.10. The van der Waals surface area contributed by atoms with Gasteiger partial charge in [0, 0.05) is 16.3 Å². The van der Waals surface area contributed by atoms with Crippen molar-refractivity contribution >= 4 is 46.4 Å². The Bertz CT molecular complexity index is 1300. The Morgan fingerprint density at radius 2 is 1.68 bits per heavy atom. The van der Waals surface area contributed by atoms with E-state index in [4.69, 9.17) is 34.8 Å². The molecule has 0 atom stereocenters. The summed E-state index contributed by atoms with van der Waals surface area (Å²) in [6.45, 7) is 3.82. The van der Waals surface area contributed by atoms with Crippen molar-refractivity contribution in [1.82, 2.24) is 14.8 Å². The van der Waals surface area contributed by atoms with E-state index >= 15 is 0 Å². The van der Waals surface area contributed by atoms with Crippen molar-refractivity contribution in [2.24, 2.45) is 0 Å². The van der Waals surface area contributed by atoms with Gasteiger partial charge in [0.05, 0.1) is 15.7 Å². The van der Waals surface area contributed by atoms with Crippen molar-refractivity contribution < 1.29 is 4.79 Å². The maximum Gasteiger partial charge on any atom is 0.295 e. The Morgan fingerprint density at radius 1 is 0.903 bits per heavy atom. The van der Waals surface area contributed by atoms with E-state index < -0.39 is 5.91 Å². The Hall–Kier alpha value is -2.86. The highest BCUT2D eigenvalue weighted by Crippen LogP contribution is 2.28. The second kappa shape index (κ2) is 8.71. The van der Waals surface area contributed by atoms with Crippen molar-refractivity contribution in [3.8, 4) is 17.1 Å². The van der Waals surface area contributed by atoms with Gasteiger partial charge in [-0.05, 0) is 55.8 Å². The lowest BCUT2D eigenvalue weighted by Crippen LogP contribution is -2.15. The van der Waals surface area contributed by atoms with E-state index in [0.717, 1.165) is 16.7 Å². The maximum atomic E-state index is 13.0. The fourth-order valence-corrected chi connectivity index (χ4v) is 3.56. The van der Waals surface area contributed by atoms with E-state index in [-0.39, 0.29) is 5.82 Å². The third kappa shape index (κ3) is 4.44. The number of hydrogen-bond donors (Lipinski definition) is 1. The molecule has 1 aromatic heterocycles. The predicted octanol–water partition coefficient (Wildman–Crippen LogP) is 6.76. The van der Waals surface area contributed by atoms with E-state index in [2.05, 4.69) is 15.4 Å². The molecule has 0 aliphatic rings. The number of hydrogen-bond acceptors (Lipinski definition) is 3. The number of nitrogens with zero attached hydrogens (tertiary/aromatic N) is 3. The molecule has 0 unspecified atom stereocenters. The van der Waals surface area contributed by atoms with Crippen LogP contribution in [0.4, 0.5) is 5.69 Å². The van der Waals surface area contributed by atoms with Crippen LogP contribution in [0.3, 0.4) is 0 Å². The lowest BCUT2D eigenvalue weighted by atomic mass is 10.1. The molecule has 3 aromatic carbocycles. The molecule has 156 valence electrons. The summed E-state index contributed by atoms with van der Waals surface area (Å²) in [6, 6.07) is 18.2. The molecular formula is C23H17Cl3N4O. The average molecular weight is 472 g/mol. The minimum atomic E-state index is -0.446. The van der Waals surface area contributed by atoms with Crippen LogP contribution >= 0.6 is 34.8 Å². The van der Waals surface area contributed by atoms with Gasteiger partial charge in [-0.1, -0.05) is 64.6 Å². The first kappa shape index (κ1) is 21.4. The molecule has 1 amide bonds. The van der Waals surface area contributed by atoms with Crippen LogP contribution in [0.2, 0.25) is 15.1 Å². The lowest BCUT2D eigenvalue weighted by molar-refractivity contribution is 0.101. The van der Waals surface area contributed by atoms with Gasteiger partial charge in [-0.3, -0.25) is 4.79 Å². The SMILES string of the molecule is Cc1cccc(-c2nc(C(=O)Nc3cccc(Cl)c3C)nn2-c2ccc(Cl)c(Cl)c2)c1. The van der Waals surface area contributed by atoms with Gasteiger partial charge in [0.2, 0.25) is 5.82 Å². The molecule has 4 rings (SSSR count). The van der Waals surface area contributed by atoms with Gasteiger partial charge in [-0.2, -0.15) is 0 Å². The molecule has 1 heterocycles. The normalized spacial score (nSPS) is 10.9. The third-order valence-electron chi connectivity index (χ3n) is 4.75. The van der Waals surface area contributed by atoms with Crippen molar-refractivity contribution in [3.63, 3.8) is 0 Å². The number of carbonyl (C=O) groups is 1. The first-order valence-electron chi connectivity index (χ1n) is 9.39. The van der Waals surface area contributed by atoms with Gasteiger partial charge in [0.15, 0.2) is 5.82 Å². The lowest BCUT2D eigenvalue weighted by Gasteiger charge is -2.08. The largest absolute Gasteiger partial charge is 0.319 e. The highest BCUT2D eigenvalue weighted by atomic mass is 35.5. The van der Waals surface area contributed by atoms with Crippen molar-refractivity contribution in [1.29, 1.82) is 0 Å². The van der Waals surface area contributed by atoms with Crippen LogP contribution in [0.25, 0.3) is 17.1 Å². The fraction of sp³-hybridized carbons (Fsp3) is 0.0870. The highest BCUT2D eigenvalue weighted by Gasteiger charge is 2.20. The minimum Gasteiger partial charge on any atom is -0.319 e. The molecule has 0 saturated carbocycles. The number of nitrogens with one attached hydrogen (secondary N) is 1. The summed E-state index contributed by atoms with van der Waals surface area (Å²) >= 11 is 18.4. The summed E-state index contributed by atoms with van der Waals surface area (Å²) in [5, 5.41) is 8.67. The van der Waals surface area contributed by atoms with Gasteiger partial charge in [-0.15, -0.1) is 5.10 Å². The number of carbonyl (C=O) groups excluding carboxylic acids is 1. The molecule has 4 aromatic rings. The van der Waals surface area contributed by atoms with E-state index in [9.17, 15) is 4.79 Å². The van der Waals surface area contributed by atoms with E-state index in [0.29, 0.717) is 32.3 Å². The van der Waals surface area contributed by atoms with Crippen LogP contribution in [0, 0.1) is 13.8 Å². The first-order valence-corrected chi connectivity index (χ1v) is 10.5. The van der Waals surface area contributed by atoms with E-state index in [1.54, 1.807) is 41.1 Å². The molecule has 0 saturated heterocycles. The average Bonchev–Trinajstić information content (AvgIpc) is 3.19. The quantitative estimate of drug-likeness (QED) is 0.357. The van der Waals surface area contributed by atoms with Crippen LogP contribution in [0.15, 0.2) is 60.7 Å². The molecule has 0 fully saturated rings. The number of halogens is 3. The Labute approximate surface area is 194 Å². The standard InChI is InChI=1S/C23H17Cl3N4O/c1-13-5-3-6-15(11-13)22-28-21(23(31)27-20-8-4-7-17(24)14(20)2)29-30(22)16-9-10-18(25)19(26)12-16/h3-12H,1-2H3,(H,27,31). The van der Waals surface area contributed by atoms with Gasteiger partial charge in [0.25, 0.3) is 5.91 Å². The van der Waals surface area contributed by atoms with Crippen LogP contribution in [-0.4, -0.2) is 20.7 Å². The zero-order chi connectivity index (χ0) is 22.1. The van der Waals surface area contributed by atoms with Gasteiger partial charge in [-0.25, -0.2) is 9.67 Å². The smallest absolute Gasteiger partial charge is 0.295 e. The molecule has 0 aliphatic heterocycles. The van der Waals surface area contributed by atoms with Gasteiger partial charge in [0.1, 0.15) is 0 Å². The summed E-state index contributed by atoms with van der Waals surface area (Å²) < 4.78 is 1.58. The Morgan fingerprint density at radius 3 is 2.42 bits per heavy atom. The molecule has 0 aliphatic carbocycles. The second-order valence-corrected chi connectivity index (χ2v) is 8.23. The monoisotopic (exact) mass is 470 g/mol.